The fourth-order valence-electron chi connectivity index (χ4n) is 5.41. The number of aliphatic hydroxyl groups is 1. The van der Waals surface area contributed by atoms with Gasteiger partial charge in [-0.2, -0.15) is 13.2 Å². The first-order valence-electron chi connectivity index (χ1n) is 12.0. The zero-order valence-corrected chi connectivity index (χ0v) is 21.6. The molecule has 1 aromatic heterocycles. The summed E-state index contributed by atoms with van der Waals surface area (Å²) >= 11 is 13.2. The topological polar surface area (TPSA) is 70.9 Å². The SMILES string of the molecule is O=C(NC1CCCC(O)C1)c1sc(C2=NOC(c3cc(Cl)cc(Cl)c3)(C(F)(F)F)C2)c2c1CCCC2. The summed E-state index contributed by atoms with van der Waals surface area (Å²) in [6.07, 6.45) is 0.228. The van der Waals surface area contributed by atoms with Crippen LogP contribution in [0.2, 0.25) is 10.0 Å². The first kappa shape index (κ1) is 25.8. The third kappa shape index (κ3) is 4.75. The van der Waals surface area contributed by atoms with E-state index in [9.17, 15) is 23.1 Å². The van der Waals surface area contributed by atoms with Gasteiger partial charge in [0.1, 0.15) is 5.71 Å². The molecule has 3 atom stereocenters. The number of hydrogen-bond donors (Lipinski definition) is 2. The number of nitrogens with one attached hydrogen (secondary N) is 1. The van der Waals surface area contributed by atoms with Gasteiger partial charge in [-0.1, -0.05) is 28.4 Å². The quantitative estimate of drug-likeness (QED) is 0.445. The molecule has 5 nitrogen and oxygen atoms in total. The highest BCUT2D eigenvalue weighted by Gasteiger charge is 2.62. The number of benzene rings is 1. The van der Waals surface area contributed by atoms with Gasteiger partial charge in [-0.25, -0.2) is 0 Å². The molecule has 0 radical (unpaired) electrons. The number of alkyl halides is 3. The smallest absolute Gasteiger partial charge is 0.393 e. The normalized spacial score (nSPS) is 26.2. The number of carbonyl (C=O) groups is 1. The summed E-state index contributed by atoms with van der Waals surface area (Å²) in [6, 6.07) is 3.63. The van der Waals surface area contributed by atoms with E-state index in [4.69, 9.17) is 28.0 Å². The second-order valence-corrected chi connectivity index (χ2v) is 11.6. The third-order valence-electron chi connectivity index (χ3n) is 7.19. The van der Waals surface area contributed by atoms with Gasteiger partial charge in [0.05, 0.1) is 22.3 Å². The van der Waals surface area contributed by atoms with Crippen LogP contribution in [0.25, 0.3) is 0 Å². The Morgan fingerprint density at radius 2 is 1.81 bits per heavy atom. The van der Waals surface area contributed by atoms with Crippen LogP contribution in [-0.2, 0) is 23.3 Å². The first-order valence-corrected chi connectivity index (χ1v) is 13.6. The maximum Gasteiger partial charge on any atom is 0.435 e. The number of amides is 1. The number of nitrogens with zero attached hydrogens (tertiary/aromatic N) is 1. The molecule has 3 unspecified atom stereocenters. The first-order chi connectivity index (χ1) is 17.1. The van der Waals surface area contributed by atoms with Gasteiger partial charge in [0, 0.05) is 21.7 Å². The number of thiophene rings is 1. The van der Waals surface area contributed by atoms with Crippen LogP contribution >= 0.6 is 34.5 Å². The molecule has 0 bridgehead atoms. The lowest BCUT2D eigenvalue weighted by Crippen LogP contribution is -2.42. The van der Waals surface area contributed by atoms with Crippen molar-refractivity contribution in [2.45, 2.75) is 81.7 Å². The number of fused-ring (bicyclic) bond motifs is 1. The molecule has 2 heterocycles. The summed E-state index contributed by atoms with van der Waals surface area (Å²) in [6.45, 7) is 0. The molecular weight excluding hydrogens is 536 g/mol. The summed E-state index contributed by atoms with van der Waals surface area (Å²) in [5, 5.41) is 17.0. The number of rotatable bonds is 4. The highest BCUT2D eigenvalue weighted by atomic mass is 35.5. The molecule has 36 heavy (non-hydrogen) atoms. The van der Waals surface area contributed by atoms with E-state index in [1.54, 1.807) is 0 Å². The average molecular weight is 561 g/mol. The van der Waals surface area contributed by atoms with Crippen molar-refractivity contribution in [2.75, 3.05) is 0 Å². The van der Waals surface area contributed by atoms with Crippen LogP contribution in [-0.4, -0.2) is 35.0 Å². The van der Waals surface area contributed by atoms with Crippen molar-refractivity contribution in [3.8, 4) is 0 Å². The van der Waals surface area contributed by atoms with Gasteiger partial charge < -0.3 is 15.3 Å². The number of carbonyl (C=O) groups excluding carboxylic acids is 1. The van der Waals surface area contributed by atoms with Crippen LogP contribution < -0.4 is 5.32 Å². The Kier molecular flexibility index (Phi) is 7.04. The predicted molar refractivity (Wildman–Crippen MR) is 133 cm³/mol. The largest absolute Gasteiger partial charge is 0.435 e. The van der Waals surface area contributed by atoms with Crippen molar-refractivity contribution in [2.24, 2.45) is 5.16 Å². The Morgan fingerprint density at radius 1 is 1.11 bits per heavy atom. The van der Waals surface area contributed by atoms with Gasteiger partial charge in [-0.15, -0.1) is 11.3 Å². The molecule has 1 aromatic carbocycles. The lowest BCUT2D eigenvalue weighted by atomic mass is 9.85. The van der Waals surface area contributed by atoms with Crippen LogP contribution in [0.15, 0.2) is 23.4 Å². The maximum absolute atomic E-state index is 14.5. The Morgan fingerprint density at radius 3 is 2.47 bits per heavy atom. The van der Waals surface area contributed by atoms with Crippen LogP contribution in [0.4, 0.5) is 13.2 Å². The molecular formula is C25H25Cl2F3N2O3S. The summed E-state index contributed by atoms with van der Waals surface area (Å²) < 4.78 is 43.4. The van der Waals surface area contributed by atoms with E-state index in [1.807, 2.05) is 0 Å². The average Bonchev–Trinajstić information content (AvgIpc) is 3.41. The Balaban J connectivity index is 1.47. The maximum atomic E-state index is 14.5. The molecule has 0 spiro atoms. The minimum absolute atomic E-state index is 0.0680. The highest BCUT2D eigenvalue weighted by Crippen LogP contribution is 2.51. The number of aliphatic hydroxyl groups excluding tert-OH is 1. The molecule has 1 amide bonds. The van der Waals surface area contributed by atoms with Crippen molar-refractivity contribution < 1.29 is 27.9 Å². The number of hydrogen-bond acceptors (Lipinski definition) is 5. The van der Waals surface area contributed by atoms with Gasteiger partial charge in [0.15, 0.2) is 0 Å². The van der Waals surface area contributed by atoms with E-state index < -0.39 is 24.3 Å². The van der Waals surface area contributed by atoms with Gasteiger partial charge in [0.25, 0.3) is 11.5 Å². The molecule has 2 aliphatic carbocycles. The fourth-order valence-corrected chi connectivity index (χ4v) is 7.21. The highest BCUT2D eigenvalue weighted by molar-refractivity contribution is 7.16. The van der Waals surface area contributed by atoms with Gasteiger partial charge in [0.2, 0.25) is 0 Å². The van der Waals surface area contributed by atoms with E-state index >= 15 is 0 Å². The van der Waals surface area contributed by atoms with E-state index in [-0.39, 0.29) is 33.3 Å². The molecule has 1 fully saturated rings. The molecule has 194 valence electrons. The van der Waals surface area contributed by atoms with Crippen LogP contribution in [0, 0.1) is 0 Å². The van der Waals surface area contributed by atoms with Crippen molar-refractivity contribution in [3.63, 3.8) is 0 Å². The summed E-state index contributed by atoms with van der Waals surface area (Å²) in [5.41, 5.74) is -1.01. The Hall–Kier alpha value is -1.81. The summed E-state index contributed by atoms with van der Waals surface area (Å²) in [7, 11) is 0. The minimum atomic E-state index is -4.79. The Labute approximate surface area is 220 Å². The van der Waals surface area contributed by atoms with Gasteiger partial charge in [-0.05, 0) is 80.7 Å². The second-order valence-electron chi connectivity index (χ2n) is 9.70. The van der Waals surface area contributed by atoms with E-state index in [2.05, 4.69) is 10.5 Å². The fraction of sp³-hybridized carbons (Fsp3) is 0.520. The molecule has 11 heteroatoms. The standard InChI is InChI=1S/C25H25Cl2F3N2O3S/c26-14-8-13(9-15(27)10-14)24(25(28,29)30)12-20(32-35-24)21-18-6-1-2-7-19(18)22(36-21)23(34)31-16-4-3-5-17(33)11-16/h8-10,16-17,33H,1-7,11-12H2,(H,31,34). The molecule has 5 rings (SSSR count). The monoisotopic (exact) mass is 560 g/mol. The zero-order chi connectivity index (χ0) is 25.7. The minimum Gasteiger partial charge on any atom is -0.393 e. The van der Waals surface area contributed by atoms with Gasteiger partial charge in [-0.3, -0.25) is 4.79 Å². The van der Waals surface area contributed by atoms with Gasteiger partial charge >= 0.3 is 6.18 Å². The zero-order valence-electron chi connectivity index (χ0n) is 19.3. The summed E-state index contributed by atoms with van der Waals surface area (Å²) in [4.78, 5) is 19.5. The second kappa shape index (κ2) is 9.82. The molecule has 1 aliphatic heterocycles. The molecule has 1 saturated carbocycles. The van der Waals surface area contributed by atoms with E-state index in [1.165, 1.54) is 29.5 Å². The molecule has 3 aliphatic rings. The predicted octanol–water partition coefficient (Wildman–Crippen LogP) is 6.55. The van der Waals surface area contributed by atoms with Crippen LogP contribution in [0.1, 0.15) is 76.2 Å². The van der Waals surface area contributed by atoms with Crippen molar-refractivity contribution in [1.29, 1.82) is 0 Å². The van der Waals surface area contributed by atoms with Crippen molar-refractivity contribution >= 4 is 46.2 Å². The van der Waals surface area contributed by atoms with E-state index in [0.717, 1.165) is 43.2 Å². The Bertz CT molecular complexity index is 1200. The molecule has 0 saturated heterocycles. The lowest BCUT2D eigenvalue weighted by molar-refractivity contribution is -0.275. The summed E-state index contributed by atoms with van der Waals surface area (Å²) in [5.74, 6) is -0.244. The lowest BCUT2D eigenvalue weighted by Gasteiger charge is -2.29. The van der Waals surface area contributed by atoms with Crippen LogP contribution in [0.3, 0.4) is 0 Å². The van der Waals surface area contributed by atoms with E-state index in [0.29, 0.717) is 29.0 Å². The van der Waals surface area contributed by atoms with Crippen molar-refractivity contribution in [3.05, 3.63) is 54.7 Å². The third-order valence-corrected chi connectivity index (χ3v) is 8.94. The van der Waals surface area contributed by atoms with Crippen molar-refractivity contribution in [1.82, 2.24) is 5.32 Å². The van der Waals surface area contributed by atoms with Crippen LogP contribution in [0.5, 0.6) is 0 Å². The number of oxime groups is 1. The number of halogens is 5. The molecule has 2 N–H and O–H groups in total. The molecule has 2 aromatic rings.